The summed E-state index contributed by atoms with van der Waals surface area (Å²) in [6.45, 7) is 9.14. The number of hydrogen-bond donors (Lipinski definition) is 1. The topological polar surface area (TPSA) is 29.3 Å². The maximum Gasteiger partial charge on any atom is 0.0309 e. The monoisotopic (exact) mass is 238 g/mol. The summed E-state index contributed by atoms with van der Waals surface area (Å²) < 4.78 is 0. The average molecular weight is 238 g/mol. The van der Waals surface area contributed by atoms with Gasteiger partial charge in [0.25, 0.3) is 0 Å². The van der Waals surface area contributed by atoms with Crippen molar-refractivity contribution in [3.8, 4) is 0 Å². The van der Waals surface area contributed by atoms with Gasteiger partial charge in [0.05, 0.1) is 0 Å². The number of rotatable bonds is 4. The van der Waals surface area contributed by atoms with Crippen LogP contribution in [-0.4, -0.2) is 29.6 Å². The lowest BCUT2D eigenvalue weighted by Crippen LogP contribution is -2.59. The molecule has 2 aliphatic rings. The molecule has 3 unspecified atom stereocenters. The van der Waals surface area contributed by atoms with E-state index in [0.717, 1.165) is 24.4 Å². The van der Waals surface area contributed by atoms with Crippen LogP contribution in [0.1, 0.15) is 59.3 Å². The van der Waals surface area contributed by atoms with Gasteiger partial charge in [0.1, 0.15) is 0 Å². The molecule has 1 saturated carbocycles. The molecule has 2 rings (SSSR count). The van der Waals surface area contributed by atoms with Crippen LogP contribution in [-0.2, 0) is 0 Å². The lowest BCUT2D eigenvalue weighted by Gasteiger charge is -2.49. The van der Waals surface area contributed by atoms with Gasteiger partial charge in [0.15, 0.2) is 0 Å². The summed E-state index contributed by atoms with van der Waals surface area (Å²) in [5.41, 5.74) is 6.37. The molecule has 0 bridgehead atoms. The van der Waals surface area contributed by atoms with Crippen LogP contribution in [0.15, 0.2) is 0 Å². The van der Waals surface area contributed by atoms with Crippen LogP contribution in [0.5, 0.6) is 0 Å². The van der Waals surface area contributed by atoms with Crippen molar-refractivity contribution in [2.24, 2.45) is 17.6 Å². The highest BCUT2D eigenvalue weighted by Gasteiger charge is 2.42. The lowest BCUT2D eigenvalue weighted by atomic mass is 9.82. The number of nitrogens with zero attached hydrogens (tertiary/aromatic N) is 1. The van der Waals surface area contributed by atoms with E-state index in [1.54, 1.807) is 0 Å². The third-order valence-electron chi connectivity index (χ3n) is 4.97. The van der Waals surface area contributed by atoms with Crippen LogP contribution < -0.4 is 5.73 Å². The number of hydrogen-bond acceptors (Lipinski definition) is 2. The standard InChI is InChI=1S/C15H30N2/c1-12(2)10-15(3,11-16)17-9-5-7-13-6-4-8-14(13)17/h12-14H,4-11,16H2,1-3H3. The number of piperidine rings is 1. The number of nitrogens with two attached hydrogens (primary N) is 1. The molecule has 2 N–H and O–H groups in total. The Labute approximate surface area is 107 Å². The van der Waals surface area contributed by atoms with Gasteiger partial charge in [-0.05, 0) is 57.4 Å². The van der Waals surface area contributed by atoms with Crippen LogP contribution in [0.25, 0.3) is 0 Å². The van der Waals surface area contributed by atoms with Crippen LogP contribution in [0.3, 0.4) is 0 Å². The Morgan fingerprint density at radius 1 is 1.24 bits per heavy atom. The molecular formula is C15H30N2. The maximum absolute atomic E-state index is 6.13. The number of likely N-dealkylation sites (tertiary alicyclic amines) is 1. The Balaban J connectivity index is 2.11. The summed E-state index contributed by atoms with van der Waals surface area (Å²) in [6.07, 6.45) is 8.40. The lowest BCUT2D eigenvalue weighted by molar-refractivity contribution is 0.00228. The van der Waals surface area contributed by atoms with Crippen molar-refractivity contribution in [2.75, 3.05) is 13.1 Å². The summed E-state index contributed by atoms with van der Waals surface area (Å²) in [5.74, 6) is 1.71. The first-order chi connectivity index (χ1) is 8.07. The largest absolute Gasteiger partial charge is 0.329 e. The van der Waals surface area contributed by atoms with Gasteiger partial charge in [-0.25, -0.2) is 0 Å². The molecule has 1 aliphatic heterocycles. The molecule has 0 radical (unpaired) electrons. The van der Waals surface area contributed by atoms with Crippen LogP contribution in [0, 0.1) is 11.8 Å². The molecule has 2 fully saturated rings. The molecule has 0 aromatic heterocycles. The molecule has 1 saturated heterocycles. The fourth-order valence-corrected chi connectivity index (χ4v) is 4.32. The van der Waals surface area contributed by atoms with Gasteiger partial charge in [0, 0.05) is 18.1 Å². The minimum Gasteiger partial charge on any atom is -0.329 e. The quantitative estimate of drug-likeness (QED) is 0.816. The van der Waals surface area contributed by atoms with Gasteiger partial charge in [-0.2, -0.15) is 0 Å². The van der Waals surface area contributed by atoms with Crippen molar-refractivity contribution in [3.63, 3.8) is 0 Å². The molecule has 1 aliphatic carbocycles. The van der Waals surface area contributed by atoms with Gasteiger partial charge in [-0.1, -0.05) is 20.3 Å². The first-order valence-corrected chi connectivity index (χ1v) is 7.53. The second kappa shape index (κ2) is 5.27. The van der Waals surface area contributed by atoms with Gasteiger partial charge in [0.2, 0.25) is 0 Å². The molecular weight excluding hydrogens is 208 g/mol. The number of fused-ring (bicyclic) bond motifs is 1. The van der Waals surface area contributed by atoms with Crippen LogP contribution >= 0.6 is 0 Å². The normalized spacial score (nSPS) is 33.7. The highest BCUT2D eigenvalue weighted by molar-refractivity contribution is 4.98. The highest BCUT2D eigenvalue weighted by atomic mass is 15.2. The van der Waals surface area contributed by atoms with Crippen molar-refractivity contribution in [1.82, 2.24) is 4.90 Å². The fraction of sp³-hybridized carbons (Fsp3) is 1.00. The zero-order chi connectivity index (χ0) is 12.5. The summed E-state index contributed by atoms with van der Waals surface area (Å²) >= 11 is 0. The average Bonchev–Trinajstić information content (AvgIpc) is 2.75. The first-order valence-electron chi connectivity index (χ1n) is 7.53. The van der Waals surface area contributed by atoms with E-state index < -0.39 is 0 Å². The summed E-state index contributed by atoms with van der Waals surface area (Å²) in [5, 5.41) is 0. The minimum atomic E-state index is 0.238. The summed E-state index contributed by atoms with van der Waals surface area (Å²) in [7, 11) is 0. The summed E-state index contributed by atoms with van der Waals surface area (Å²) in [6, 6.07) is 0.844. The Bertz CT molecular complexity index is 251. The zero-order valence-corrected chi connectivity index (χ0v) is 11.9. The van der Waals surface area contributed by atoms with E-state index in [0.29, 0.717) is 0 Å². The zero-order valence-electron chi connectivity index (χ0n) is 11.9. The van der Waals surface area contributed by atoms with Crippen molar-refractivity contribution in [2.45, 2.75) is 70.9 Å². The van der Waals surface area contributed by atoms with Gasteiger partial charge >= 0.3 is 0 Å². The van der Waals surface area contributed by atoms with E-state index in [2.05, 4.69) is 25.7 Å². The molecule has 17 heavy (non-hydrogen) atoms. The van der Waals surface area contributed by atoms with E-state index in [1.165, 1.54) is 45.1 Å². The molecule has 0 amide bonds. The predicted octanol–water partition coefficient (Wildman–Crippen LogP) is 3.01. The molecule has 2 heteroatoms. The maximum atomic E-state index is 6.13. The van der Waals surface area contributed by atoms with Crippen molar-refractivity contribution >= 4 is 0 Å². The smallest absolute Gasteiger partial charge is 0.0309 e. The van der Waals surface area contributed by atoms with Crippen LogP contribution in [0.2, 0.25) is 0 Å². The van der Waals surface area contributed by atoms with Gasteiger partial charge in [-0.3, -0.25) is 4.90 Å². The van der Waals surface area contributed by atoms with Crippen molar-refractivity contribution < 1.29 is 0 Å². The summed E-state index contributed by atoms with van der Waals surface area (Å²) in [4.78, 5) is 2.79. The van der Waals surface area contributed by atoms with E-state index in [1.807, 2.05) is 0 Å². The second-order valence-corrected chi connectivity index (χ2v) is 6.89. The van der Waals surface area contributed by atoms with Gasteiger partial charge < -0.3 is 5.73 Å². The third-order valence-corrected chi connectivity index (χ3v) is 4.97. The van der Waals surface area contributed by atoms with Crippen molar-refractivity contribution in [1.29, 1.82) is 0 Å². The molecule has 2 nitrogen and oxygen atoms in total. The van der Waals surface area contributed by atoms with Gasteiger partial charge in [-0.15, -0.1) is 0 Å². The highest BCUT2D eigenvalue weighted by Crippen LogP contribution is 2.41. The van der Waals surface area contributed by atoms with E-state index in [9.17, 15) is 0 Å². The Morgan fingerprint density at radius 2 is 1.94 bits per heavy atom. The SMILES string of the molecule is CC(C)CC(C)(CN)N1CCCC2CCCC21. The Hall–Kier alpha value is -0.0800. The predicted molar refractivity (Wildman–Crippen MR) is 74.0 cm³/mol. The Kier molecular flexibility index (Phi) is 4.14. The van der Waals surface area contributed by atoms with Crippen molar-refractivity contribution in [3.05, 3.63) is 0 Å². The minimum absolute atomic E-state index is 0.238. The van der Waals surface area contributed by atoms with E-state index >= 15 is 0 Å². The second-order valence-electron chi connectivity index (χ2n) is 6.89. The molecule has 0 spiro atoms. The first kappa shape index (κ1) is 13.4. The molecule has 1 heterocycles. The van der Waals surface area contributed by atoms with Crippen LogP contribution in [0.4, 0.5) is 0 Å². The Morgan fingerprint density at radius 3 is 2.59 bits per heavy atom. The molecule has 100 valence electrons. The van der Waals surface area contributed by atoms with E-state index in [-0.39, 0.29) is 5.54 Å². The van der Waals surface area contributed by atoms with E-state index in [4.69, 9.17) is 5.73 Å². The fourth-order valence-electron chi connectivity index (χ4n) is 4.32. The molecule has 3 atom stereocenters. The molecule has 0 aromatic carbocycles. The third kappa shape index (κ3) is 2.68. The molecule has 0 aromatic rings.